The Bertz CT molecular complexity index is 589. The molecule has 1 atom stereocenters. The first-order valence-electron chi connectivity index (χ1n) is 8.52. The van der Waals surface area contributed by atoms with E-state index in [9.17, 15) is 0 Å². The fourth-order valence-electron chi connectivity index (χ4n) is 4.58. The van der Waals surface area contributed by atoms with Crippen molar-refractivity contribution in [1.82, 2.24) is 4.90 Å². The van der Waals surface area contributed by atoms with Gasteiger partial charge in [-0.25, -0.2) is 0 Å². The number of hydrogen-bond acceptors (Lipinski definition) is 3. The van der Waals surface area contributed by atoms with E-state index < -0.39 is 0 Å². The molecule has 1 aromatic rings. The third kappa shape index (κ3) is 2.06. The Morgan fingerprint density at radius 1 is 1.23 bits per heavy atom. The Balaban J connectivity index is 1.84. The van der Waals surface area contributed by atoms with Gasteiger partial charge in [-0.2, -0.15) is 0 Å². The molecule has 3 nitrogen and oxygen atoms in total. The van der Waals surface area contributed by atoms with Crippen LogP contribution in [-0.4, -0.2) is 31.2 Å². The Kier molecular flexibility index (Phi) is 3.41. The van der Waals surface area contributed by atoms with Gasteiger partial charge in [0.2, 0.25) is 0 Å². The highest BCUT2D eigenvalue weighted by molar-refractivity contribution is 5.53. The van der Waals surface area contributed by atoms with Gasteiger partial charge in [-0.1, -0.05) is 18.9 Å². The maximum absolute atomic E-state index is 5.85. The van der Waals surface area contributed by atoms with Crippen LogP contribution in [0.3, 0.4) is 0 Å². The Morgan fingerprint density at radius 2 is 1.91 bits per heavy atom. The van der Waals surface area contributed by atoms with Gasteiger partial charge < -0.3 is 9.47 Å². The predicted molar refractivity (Wildman–Crippen MR) is 87.8 cm³/mol. The average Bonchev–Trinajstić information content (AvgIpc) is 3.01. The second-order valence-electron chi connectivity index (χ2n) is 6.96. The molecular formula is C19H25NO2. The monoisotopic (exact) mass is 299 g/mol. The molecular weight excluding hydrogens is 274 g/mol. The maximum Gasteiger partial charge on any atom is 0.161 e. The minimum absolute atomic E-state index is 0.306. The Morgan fingerprint density at radius 3 is 2.59 bits per heavy atom. The first-order valence-corrected chi connectivity index (χ1v) is 8.52. The molecule has 0 bridgehead atoms. The zero-order valence-electron chi connectivity index (χ0n) is 13.4. The molecule has 3 aliphatic rings. The number of ether oxygens (including phenoxy) is 2. The number of rotatable bonds is 2. The second kappa shape index (κ2) is 5.31. The highest BCUT2D eigenvalue weighted by Gasteiger charge is 2.44. The van der Waals surface area contributed by atoms with Gasteiger partial charge in [-0.05, 0) is 43.0 Å². The summed E-state index contributed by atoms with van der Waals surface area (Å²) in [5, 5.41) is 0. The molecule has 0 N–H and O–H groups in total. The quantitative estimate of drug-likeness (QED) is 0.775. The predicted octanol–water partition coefficient (Wildman–Crippen LogP) is 3.83. The van der Waals surface area contributed by atoms with Crippen LogP contribution >= 0.6 is 0 Å². The smallest absolute Gasteiger partial charge is 0.161 e. The van der Waals surface area contributed by atoms with Crippen molar-refractivity contribution < 1.29 is 9.47 Å². The maximum atomic E-state index is 5.85. The summed E-state index contributed by atoms with van der Waals surface area (Å²) in [7, 11) is 0. The lowest BCUT2D eigenvalue weighted by atomic mass is 9.71. The summed E-state index contributed by atoms with van der Waals surface area (Å²) in [5.41, 5.74) is 3.25. The Hall–Kier alpha value is -1.48. The van der Waals surface area contributed by atoms with Gasteiger partial charge in [0.05, 0.1) is 0 Å². The van der Waals surface area contributed by atoms with Crippen LogP contribution in [0.2, 0.25) is 0 Å². The van der Waals surface area contributed by atoms with Gasteiger partial charge in [0.25, 0.3) is 0 Å². The van der Waals surface area contributed by atoms with Gasteiger partial charge in [-0.15, -0.1) is 6.58 Å². The van der Waals surface area contributed by atoms with Crippen molar-refractivity contribution in [2.24, 2.45) is 0 Å². The summed E-state index contributed by atoms with van der Waals surface area (Å²) in [5.74, 6) is 1.87. The lowest BCUT2D eigenvalue weighted by molar-refractivity contribution is 0.145. The van der Waals surface area contributed by atoms with Crippen molar-refractivity contribution in [2.75, 3.05) is 26.3 Å². The fraction of sp³-hybridized carbons (Fsp3) is 0.579. The summed E-state index contributed by atoms with van der Waals surface area (Å²) in [4.78, 5) is 2.57. The van der Waals surface area contributed by atoms with Gasteiger partial charge in [-0.3, -0.25) is 4.90 Å². The topological polar surface area (TPSA) is 21.7 Å². The van der Waals surface area contributed by atoms with Gasteiger partial charge in [0.15, 0.2) is 11.5 Å². The lowest BCUT2D eigenvalue weighted by Gasteiger charge is -2.46. The van der Waals surface area contributed by atoms with Crippen LogP contribution in [0.4, 0.5) is 0 Å². The van der Waals surface area contributed by atoms with Crippen molar-refractivity contribution in [3.8, 4) is 11.5 Å². The van der Waals surface area contributed by atoms with E-state index in [0.717, 1.165) is 24.6 Å². The Labute approximate surface area is 132 Å². The molecule has 1 unspecified atom stereocenters. The van der Waals surface area contributed by atoms with Crippen molar-refractivity contribution in [3.63, 3.8) is 0 Å². The third-order valence-corrected chi connectivity index (χ3v) is 5.71. The number of nitrogens with zero attached hydrogens (tertiary/aromatic N) is 1. The molecule has 3 heteroatoms. The summed E-state index contributed by atoms with van der Waals surface area (Å²) in [6, 6.07) is 4.94. The van der Waals surface area contributed by atoms with E-state index in [1.54, 1.807) is 0 Å². The molecule has 2 heterocycles. The third-order valence-electron chi connectivity index (χ3n) is 5.71. The molecule has 22 heavy (non-hydrogen) atoms. The first-order chi connectivity index (χ1) is 10.7. The van der Waals surface area contributed by atoms with E-state index in [1.807, 2.05) is 6.08 Å². The van der Waals surface area contributed by atoms with E-state index in [4.69, 9.17) is 9.47 Å². The zero-order valence-corrected chi connectivity index (χ0v) is 13.4. The largest absolute Gasteiger partial charge is 0.486 e. The molecule has 0 amide bonds. The van der Waals surface area contributed by atoms with E-state index >= 15 is 0 Å². The van der Waals surface area contributed by atoms with E-state index in [1.165, 1.54) is 36.8 Å². The zero-order chi connectivity index (χ0) is 15.2. The van der Waals surface area contributed by atoms with Crippen molar-refractivity contribution in [1.29, 1.82) is 0 Å². The van der Waals surface area contributed by atoms with Crippen LogP contribution in [0.1, 0.15) is 49.8 Å². The highest BCUT2D eigenvalue weighted by atomic mass is 16.6. The number of benzene rings is 1. The molecule has 1 aromatic carbocycles. The first kappa shape index (κ1) is 14.1. The molecule has 0 radical (unpaired) electrons. The normalized spacial score (nSPS) is 26.0. The van der Waals surface area contributed by atoms with Crippen LogP contribution in [0, 0.1) is 0 Å². The second-order valence-corrected chi connectivity index (χ2v) is 6.96. The van der Waals surface area contributed by atoms with E-state index in [-0.39, 0.29) is 0 Å². The minimum Gasteiger partial charge on any atom is -0.486 e. The molecule has 0 saturated heterocycles. The molecule has 4 rings (SSSR count). The van der Waals surface area contributed by atoms with Crippen LogP contribution in [0.25, 0.3) is 0 Å². The van der Waals surface area contributed by atoms with Crippen molar-refractivity contribution in [2.45, 2.75) is 44.1 Å². The molecule has 1 spiro atoms. The number of fused-ring (bicyclic) bond motifs is 3. The molecule has 1 saturated carbocycles. The van der Waals surface area contributed by atoms with Crippen LogP contribution in [-0.2, 0) is 5.41 Å². The molecule has 118 valence electrons. The average molecular weight is 299 g/mol. The molecule has 0 aromatic heterocycles. The van der Waals surface area contributed by atoms with E-state index in [2.05, 4.69) is 30.5 Å². The summed E-state index contributed by atoms with van der Waals surface area (Å²) >= 11 is 0. The highest BCUT2D eigenvalue weighted by Crippen LogP contribution is 2.51. The van der Waals surface area contributed by atoms with Gasteiger partial charge in [0.1, 0.15) is 13.2 Å². The standard InChI is InChI=1S/C19H25NO2/c1-3-8-20-13-19(6-4-5-7-19)16-12-18-17(21-9-10-22-18)11-15(16)14(20)2/h3,11-12,14H,1,4-10,13H2,2H3. The molecule has 1 fully saturated rings. The molecule has 1 aliphatic carbocycles. The van der Waals surface area contributed by atoms with E-state index in [0.29, 0.717) is 24.7 Å². The summed E-state index contributed by atoms with van der Waals surface area (Å²) in [6.45, 7) is 9.67. The van der Waals surface area contributed by atoms with Crippen LogP contribution < -0.4 is 9.47 Å². The number of hydrogen-bond donors (Lipinski definition) is 0. The van der Waals surface area contributed by atoms with Gasteiger partial charge in [0, 0.05) is 24.5 Å². The minimum atomic E-state index is 0.306. The van der Waals surface area contributed by atoms with Crippen LogP contribution in [0.5, 0.6) is 11.5 Å². The molecule has 2 aliphatic heterocycles. The lowest BCUT2D eigenvalue weighted by Crippen LogP contribution is -2.46. The fourth-order valence-corrected chi connectivity index (χ4v) is 4.58. The SMILES string of the molecule is C=CCN1CC2(CCCC2)c2cc3c(cc2C1C)OCCO3. The van der Waals surface area contributed by atoms with Crippen LogP contribution in [0.15, 0.2) is 24.8 Å². The van der Waals surface area contributed by atoms with Crippen molar-refractivity contribution >= 4 is 0 Å². The summed E-state index contributed by atoms with van der Waals surface area (Å²) in [6.07, 6.45) is 7.29. The summed E-state index contributed by atoms with van der Waals surface area (Å²) < 4.78 is 11.7. The van der Waals surface area contributed by atoms with Gasteiger partial charge >= 0.3 is 0 Å². The van der Waals surface area contributed by atoms with Crippen molar-refractivity contribution in [3.05, 3.63) is 35.9 Å².